The van der Waals surface area contributed by atoms with E-state index in [0.717, 1.165) is 22.4 Å². The second-order valence-corrected chi connectivity index (χ2v) is 7.95. The Hall–Kier alpha value is -3.21. The molecule has 1 aliphatic heterocycles. The summed E-state index contributed by atoms with van der Waals surface area (Å²) >= 11 is 0. The number of imide groups is 1. The van der Waals surface area contributed by atoms with Crippen molar-refractivity contribution in [3.63, 3.8) is 0 Å². The predicted octanol–water partition coefficient (Wildman–Crippen LogP) is 4.40. The number of benzene rings is 2. The SMILES string of the molecule is CC1=CC[C@@H]2C(=O)N(c3ccccc3C(=O)Nc3c(C)cccc3C)C(=O)[C@H]2C1. The molecule has 5 nitrogen and oxygen atoms in total. The highest BCUT2D eigenvalue weighted by Gasteiger charge is 2.49. The highest BCUT2D eigenvalue weighted by molar-refractivity contribution is 6.25. The number of amides is 3. The molecule has 4 rings (SSSR count). The van der Waals surface area contributed by atoms with Crippen molar-refractivity contribution in [3.8, 4) is 0 Å². The number of nitrogens with zero attached hydrogens (tertiary/aromatic N) is 1. The third kappa shape index (κ3) is 3.27. The molecule has 0 aromatic heterocycles. The van der Waals surface area contributed by atoms with E-state index in [1.54, 1.807) is 24.3 Å². The van der Waals surface area contributed by atoms with Gasteiger partial charge in [0.25, 0.3) is 5.91 Å². The van der Waals surface area contributed by atoms with E-state index in [1.165, 1.54) is 4.90 Å². The highest BCUT2D eigenvalue weighted by atomic mass is 16.2. The first-order valence-corrected chi connectivity index (χ1v) is 9.88. The third-order valence-corrected chi connectivity index (χ3v) is 5.93. The van der Waals surface area contributed by atoms with Crippen LogP contribution in [0.2, 0.25) is 0 Å². The van der Waals surface area contributed by atoms with Crippen molar-refractivity contribution in [2.45, 2.75) is 33.6 Å². The second kappa shape index (κ2) is 7.32. The molecule has 0 unspecified atom stereocenters. The van der Waals surface area contributed by atoms with Crippen LogP contribution in [0.5, 0.6) is 0 Å². The molecule has 2 aromatic rings. The van der Waals surface area contributed by atoms with Crippen LogP contribution in [-0.2, 0) is 9.59 Å². The summed E-state index contributed by atoms with van der Waals surface area (Å²) in [6, 6.07) is 12.6. The lowest BCUT2D eigenvalue weighted by Crippen LogP contribution is -2.33. The minimum Gasteiger partial charge on any atom is -0.321 e. The number of carbonyl (C=O) groups is 3. The summed E-state index contributed by atoms with van der Waals surface area (Å²) in [7, 11) is 0. The number of nitrogens with one attached hydrogen (secondary N) is 1. The Bertz CT molecular complexity index is 1030. The van der Waals surface area contributed by atoms with Gasteiger partial charge < -0.3 is 5.32 Å². The summed E-state index contributed by atoms with van der Waals surface area (Å²) < 4.78 is 0. The third-order valence-electron chi connectivity index (χ3n) is 5.93. The Morgan fingerprint density at radius 3 is 2.31 bits per heavy atom. The number of anilines is 2. The first kappa shape index (κ1) is 19.1. The van der Waals surface area contributed by atoms with Crippen LogP contribution in [0.15, 0.2) is 54.1 Å². The molecule has 0 spiro atoms. The fourth-order valence-electron chi connectivity index (χ4n) is 4.33. The molecule has 2 atom stereocenters. The molecule has 1 N–H and O–H groups in total. The van der Waals surface area contributed by atoms with E-state index in [2.05, 4.69) is 5.32 Å². The van der Waals surface area contributed by atoms with Gasteiger partial charge in [-0.3, -0.25) is 14.4 Å². The lowest BCUT2D eigenvalue weighted by molar-refractivity contribution is -0.122. The average Bonchev–Trinajstić information content (AvgIpc) is 2.94. The zero-order valence-corrected chi connectivity index (χ0v) is 16.9. The minimum atomic E-state index is -0.332. The summed E-state index contributed by atoms with van der Waals surface area (Å²) in [5, 5.41) is 2.96. The molecular weight excluding hydrogens is 364 g/mol. The molecule has 5 heteroatoms. The minimum absolute atomic E-state index is 0.209. The number of aryl methyl sites for hydroxylation is 2. The van der Waals surface area contributed by atoms with Crippen LogP contribution in [0.3, 0.4) is 0 Å². The Labute approximate surface area is 170 Å². The predicted molar refractivity (Wildman–Crippen MR) is 113 cm³/mol. The molecule has 1 heterocycles. The summed E-state index contributed by atoms with van der Waals surface area (Å²) in [5.74, 6) is -1.42. The molecule has 1 fully saturated rings. The van der Waals surface area contributed by atoms with Gasteiger partial charge in [-0.2, -0.15) is 0 Å². The molecular formula is C24H24N2O3. The smallest absolute Gasteiger partial charge is 0.257 e. The number of fused-ring (bicyclic) bond motifs is 1. The van der Waals surface area contributed by atoms with Gasteiger partial charge >= 0.3 is 0 Å². The Morgan fingerprint density at radius 1 is 0.931 bits per heavy atom. The Balaban J connectivity index is 1.68. The fourth-order valence-corrected chi connectivity index (χ4v) is 4.33. The van der Waals surface area contributed by atoms with Crippen LogP contribution in [0.25, 0.3) is 0 Å². The summed E-state index contributed by atoms with van der Waals surface area (Å²) in [6.07, 6.45) is 3.21. The lowest BCUT2D eigenvalue weighted by atomic mass is 9.82. The van der Waals surface area contributed by atoms with E-state index >= 15 is 0 Å². The van der Waals surface area contributed by atoms with Crippen LogP contribution < -0.4 is 10.2 Å². The number of hydrogen-bond donors (Lipinski definition) is 1. The van der Waals surface area contributed by atoms with Crippen LogP contribution >= 0.6 is 0 Å². The number of carbonyl (C=O) groups excluding carboxylic acids is 3. The monoisotopic (exact) mass is 388 g/mol. The van der Waals surface area contributed by atoms with Crippen LogP contribution in [0.4, 0.5) is 11.4 Å². The van der Waals surface area contributed by atoms with Crippen molar-refractivity contribution in [1.82, 2.24) is 0 Å². The van der Waals surface area contributed by atoms with E-state index in [4.69, 9.17) is 0 Å². The van der Waals surface area contributed by atoms with Gasteiger partial charge in [0.2, 0.25) is 11.8 Å². The van der Waals surface area contributed by atoms with Gasteiger partial charge in [-0.25, -0.2) is 4.90 Å². The van der Waals surface area contributed by atoms with Crippen molar-refractivity contribution < 1.29 is 14.4 Å². The highest BCUT2D eigenvalue weighted by Crippen LogP contribution is 2.40. The Kier molecular flexibility index (Phi) is 4.82. The van der Waals surface area contributed by atoms with Crippen LogP contribution in [0, 0.1) is 25.7 Å². The van der Waals surface area contributed by atoms with Crippen LogP contribution in [0.1, 0.15) is 41.3 Å². The van der Waals surface area contributed by atoms with E-state index in [1.807, 2.05) is 45.0 Å². The molecule has 2 aromatic carbocycles. The number of allylic oxidation sites excluding steroid dienone is 2. The van der Waals surface area contributed by atoms with Gasteiger partial charge in [0, 0.05) is 5.69 Å². The van der Waals surface area contributed by atoms with E-state index in [9.17, 15) is 14.4 Å². The zero-order chi connectivity index (χ0) is 20.7. The number of rotatable bonds is 3. The average molecular weight is 388 g/mol. The first-order valence-electron chi connectivity index (χ1n) is 9.88. The van der Waals surface area contributed by atoms with Crippen molar-refractivity contribution in [1.29, 1.82) is 0 Å². The Morgan fingerprint density at radius 2 is 1.59 bits per heavy atom. The molecule has 0 bridgehead atoms. The molecule has 3 amide bonds. The quantitative estimate of drug-likeness (QED) is 0.626. The van der Waals surface area contributed by atoms with Gasteiger partial charge in [0.15, 0.2) is 0 Å². The van der Waals surface area contributed by atoms with Crippen molar-refractivity contribution in [3.05, 3.63) is 70.8 Å². The summed E-state index contributed by atoms with van der Waals surface area (Å²) in [4.78, 5) is 40.5. The maximum atomic E-state index is 13.1. The maximum absolute atomic E-state index is 13.1. The molecule has 0 saturated carbocycles. The summed E-state index contributed by atoms with van der Waals surface area (Å²) in [6.45, 7) is 5.85. The lowest BCUT2D eigenvalue weighted by Gasteiger charge is -2.19. The van der Waals surface area contributed by atoms with Gasteiger partial charge in [-0.15, -0.1) is 0 Å². The fraction of sp³-hybridized carbons (Fsp3) is 0.292. The topological polar surface area (TPSA) is 66.5 Å². The van der Waals surface area contributed by atoms with Gasteiger partial charge in [0.05, 0.1) is 23.1 Å². The molecule has 0 radical (unpaired) electrons. The molecule has 1 saturated heterocycles. The van der Waals surface area contributed by atoms with Gasteiger partial charge in [-0.1, -0.05) is 42.0 Å². The van der Waals surface area contributed by atoms with Crippen LogP contribution in [-0.4, -0.2) is 17.7 Å². The van der Waals surface area contributed by atoms with Crippen molar-refractivity contribution >= 4 is 29.1 Å². The molecule has 2 aliphatic rings. The molecule has 1 aliphatic carbocycles. The van der Waals surface area contributed by atoms with E-state index < -0.39 is 0 Å². The normalized spacial score (nSPS) is 21.1. The number of hydrogen-bond acceptors (Lipinski definition) is 3. The van der Waals surface area contributed by atoms with E-state index in [-0.39, 0.29) is 29.6 Å². The zero-order valence-electron chi connectivity index (χ0n) is 16.9. The number of para-hydroxylation sites is 2. The maximum Gasteiger partial charge on any atom is 0.257 e. The standard InChI is InChI=1S/C24H24N2O3/c1-14-11-12-17-19(13-14)24(29)26(23(17)28)20-10-5-4-9-18(20)22(27)25-21-15(2)7-6-8-16(21)3/h4-11,17,19H,12-13H2,1-3H3,(H,25,27)/t17-,19-/m0/s1. The van der Waals surface area contributed by atoms with Crippen molar-refractivity contribution in [2.24, 2.45) is 11.8 Å². The van der Waals surface area contributed by atoms with Gasteiger partial charge in [-0.05, 0) is 56.9 Å². The molecule has 148 valence electrons. The van der Waals surface area contributed by atoms with Gasteiger partial charge in [0.1, 0.15) is 0 Å². The largest absolute Gasteiger partial charge is 0.321 e. The van der Waals surface area contributed by atoms with Crippen molar-refractivity contribution in [2.75, 3.05) is 10.2 Å². The second-order valence-electron chi connectivity index (χ2n) is 7.95. The molecule has 29 heavy (non-hydrogen) atoms. The first-order chi connectivity index (χ1) is 13.9. The van der Waals surface area contributed by atoms with E-state index in [0.29, 0.717) is 24.1 Å². The summed E-state index contributed by atoms with van der Waals surface area (Å²) in [5.41, 5.74) is 4.47.